The van der Waals surface area contributed by atoms with Crippen LogP contribution in [0, 0.1) is 17.7 Å². The first-order valence-electron chi connectivity index (χ1n) is 8.93. The second-order valence-electron chi connectivity index (χ2n) is 6.92. The van der Waals surface area contributed by atoms with E-state index < -0.39 is 0 Å². The summed E-state index contributed by atoms with van der Waals surface area (Å²) in [7, 11) is 1.43. The summed E-state index contributed by atoms with van der Waals surface area (Å²) in [6.07, 6.45) is 0.896. The van der Waals surface area contributed by atoms with Gasteiger partial charge in [0.05, 0.1) is 13.0 Å². The Labute approximate surface area is 171 Å². The number of likely N-dealkylation sites (tertiary alicyclic amines) is 1. The monoisotopic (exact) mass is 475 g/mol. The van der Waals surface area contributed by atoms with Crippen LogP contribution < -0.4 is 5.32 Å². The molecule has 5 nitrogen and oxygen atoms in total. The summed E-state index contributed by atoms with van der Waals surface area (Å²) in [5.41, 5.74) is 0.762. The second kappa shape index (κ2) is 9.01. The van der Waals surface area contributed by atoms with E-state index in [0.717, 1.165) is 24.5 Å². The summed E-state index contributed by atoms with van der Waals surface area (Å²) in [6.45, 7) is 6.08. The Morgan fingerprint density at radius 1 is 1.38 bits per heavy atom. The Kier molecular flexibility index (Phi) is 7.25. The van der Waals surface area contributed by atoms with Crippen molar-refractivity contribution in [3.05, 3.63) is 35.6 Å². The zero-order valence-electron chi connectivity index (χ0n) is 15.4. The predicted molar refractivity (Wildman–Crippen MR) is 110 cm³/mol. The molecule has 1 aromatic carbocycles. The Morgan fingerprint density at radius 3 is 2.77 bits per heavy atom. The molecular formula is C19H27FIN3O2. The largest absolute Gasteiger partial charge is 0.469 e. The van der Waals surface area contributed by atoms with Gasteiger partial charge in [-0.1, -0.05) is 25.1 Å². The van der Waals surface area contributed by atoms with Gasteiger partial charge in [0.2, 0.25) is 0 Å². The van der Waals surface area contributed by atoms with Crippen molar-refractivity contribution < 1.29 is 13.9 Å². The lowest BCUT2D eigenvalue weighted by Crippen LogP contribution is -2.42. The quantitative estimate of drug-likeness (QED) is 0.315. The maximum absolute atomic E-state index is 14.0. The minimum atomic E-state index is -0.165. The van der Waals surface area contributed by atoms with Crippen LogP contribution in [0.1, 0.15) is 31.7 Å². The van der Waals surface area contributed by atoms with Gasteiger partial charge in [-0.15, -0.1) is 24.0 Å². The van der Waals surface area contributed by atoms with Crippen LogP contribution in [0.2, 0.25) is 0 Å². The molecule has 1 saturated carbocycles. The smallest absolute Gasteiger partial charge is 0.310 e. The van der Waals surface area contributed by atoms with Crippen LogP contribution in [0.5, 0.6) is 0 Å². The van der Waals surface area contributed by atoms with Crippen LogP contribution in [0.3, 0.4) is 0 Å². The fourth-order valence-electron chi connectivity index (χ4n) is 3.62. The van der Waals surface area contributed by atoms with Gasteiger partial charge in [0, 0.05) is 31.6 Å². The maximum atomic E-state index is 14.0. The lowest BCUT2D eigenvalue weighted by Gasteiger charge is -2.22. The lowest BCUT2D eigenvalue weighted by molar-refractivity contribution is -0.145. The molecule has 0 spiro atoms. The molecule has 2 aliphatic rings. The molecule has 4 atom stereocenters. The van der Waals surface area contributed by atoms with Crippen molar-refractivity contribution in [1.82, 2.24) is 10.2 Å². The van der Waals surface area contributed by atoms with Gasteiger partial charge in [-0.3, -0.25) is 9.79 Å². The number of hydrogen-bond donors (Lipinski definition) is 1. The number of halogens is 2. The number of carbonyl (C=O) groups excluding carboxylic acids is 1. The molecule has 1 aliphatic heterocycles. The van der Waals surface area contributed by atoms with Crippen molar-refractivity contribution >= 4 is 35.9 Å². The topological polar surface area (TPSA) is 53.9 Å². The Morgan fingerprint density at radius 2 is 2.12 bits per heavy atom. The minimum absolute atomic E-state index is 0. The number of guanidine groups is 1. The highest BCUT2D eigenvalue weighted by Crippen LogP contribution is 2.42. The van der Waals surface area contributed by atoms with Crippen LogP contribution in [0.25, 0.3) is 0 Å². The maximum Gasteiger partial charge on any atom is 0.310 e. The standard InChI is InChI=1S/C19H26FN3O2.HI/c1-4-21-19(23-10-12(2)15(11-23)18(24)25-3)22-17-9-14(17)13-7-5-6-8-16(13)20;/h5-8,12,14-15,17H,4,9-11H2,1-3H3,(H,21,22);1H. The van der Waals surface area contributed by atoms with Gasteiger partial charge >= 0.3 is 5.97 Å². The normalized spacial score (nSPS) is 27.7. The third kappa shape index (κ3) is 4.47. The van der Waals surface area contributed by atoms with Gasteiger partial charge < -0.3 is 15.0 Å². The number of methoxy groups -OCH3 is 1. The Balaban J connectivity index is 0.00000243. The third-order valence-electron chi connectivity index (χ3n) is 5.13. The van der Waals surface area contributed by atoms with Crippen molar-refractivity contribution in [3.8, 4) is 0 Å². The number of rotatable bonds is 4. The molecule has 2 fully saturated rings. The van der Waals surface area contributed by atoms with E-state index in [2.05, 4.69) is 22.1 Å². The number of esters is 1. The molecule has 0 radical (unpaired) electrons. The van der Waals surface area contributed by atoms with E-state index in [-0.39, 0.29) is 59.6 Å². The summed E-state index contributed by atoms with van der Waals surface area (Å²) in [6, 6.07) is 7.14. The molecule has 1 aliphatic carbocycles. The highest BCUT2D eigenvalue weighted by molar-refractivity contribution is 14.0. The average molecular weight is 475 g/mol. The van der Waals surface area contributed by atoms with Crippen LogP contribution >= 0.6 is 24.0 Å². The van der Waals surface area contributed by atoms with Crippen LogP contribution in [-0.4, -0.2) is 49.6 Å². The summed E-state index contributed by atoms with van der Waals surface area (Å²) in [5, 5.41) is 3.46. The van der Waals surface area contributed by atoms with Gasteiger partial charge in [-0.05, 0) is 30.9 Å². The van der Waals surface area contributed by atoms with Crippen LogP contribution in [0.4, 0.5) is 4.39 Å². The van der Waals surface area contributed by atoms with E-state index in [1.807, 2.05) is 19.1 Å². The summed E-state index contributed by atoms with van der Waals surface area (Å²) in [4.78, 5) is 18.6. The summed E-state index contributed by atoms with van der Waals surface area (Å²) >= 11 is 0. The minimum Gasteiger partial charge on any atom is -0.469 e. The van der Waals surface area contributed by atoms with Gasteiger partial charge in [-0.25, -0.2) is 4.39 Å². The van der Waals surface area contributed by atoms with Crippen molar-refractivity contribution in [1.29, 1.82) is 0 Å². The SMILES string of the molecule is CCN=C(NC1CC1c1ccccc1F)N1CC(C)C(C(=O)OC)C1.I. The molecule has 1 saturated heterocycles. The number of nitrogens with one attached hydrogen (secondary N) is 1. The molecule has 1 N–H and O–H groups in total. The molecule has 7 heteroatoms. The molecule has 4 unspecified atom stereocenters. The van der Waals surface area contributed by atoms with Crippen LogP contribution in [-0.2, 0) is 9.53 Å². The zero-order chi connectivity index (χ0) is 18.0. The molecule has 0 bridgehead atoms. The number of hydrogen-bond acceptors (Lipinski definition) is 3. The van der Waals surface area contributed by atoms with Crippen LogP contribution in [0.15, 0.2) is 29.3 Å². The molecule has 1 aromatic rings. The van der Waals surface area contributed by atoms with E-state index in [4.69, 9.17) is 4.74 Å². The fraction of sp³-hybridized carbons (Fsp3) is 0.579. The first kappa shape index (κ1) is 20.9. The molecule has 26 heavy (non-hydrogen) atoms. The van der Waals surface area contributed by atoms with E-state index in [0.29, 0.717) is 13.1 Å². The van der Waals surface area contributed by atoms with Gasteiger partial charge in [0.15, 0.2) is 5.96 Å². The van der Waals surface area contributed by atoms with Gasteiger partial charge in [0.25, 0.3) is 0 Å². The van der Waals surface area contributed by atoms with E-state index in [1.165, 1.54) is 13.2 Å². The van der Waals surface area contributed by atoms with Crippen molar-refractivity contribution in [2.24, 2.45) is 16.8 Å². The number of ether oxygens (including phenoxy) is 1. The molecule has 0 aromatic heterocycles. The summed E-state index contributed by atoms with van der Waals surface area (Å²) in [5.74, 6) is 0.769. The zero-order valence-corrected chi connectivity index (χ0v) is 17.8. The van der Waals surface area contributed by atoms with E-state index >= 15 is 0 Å². The summed E-state index contributed by atoms with van der Waals surface area (Å²) < 4.78 is 18.9. The van der Waals surface area contributed by atoms with Crippen molar-refractivity contribution in [2.75, 3.05) is 26.7 Å². The average Bonchev–Trinajstić information content (AvgIpc) is 3.25. The number of carbonyl (C=O) groups is 1. The van der Waals surface area contributed by atoms with E-state index in [1.54, 1.807) is 6.07 Å². The highest BCUT2D eigenvalue weighted by atomic mass is 127. The third-order valence-corrected chi connectivity index (χ3v) is 5.13. The number of aliphatic imine (C=N–C) groups is 1. The second-order valence-corrected chi connectivity index (χ2v) is 6.92. The molecule has 3 rings (SSSR count). The van der Waals surface area contributed by atoms with Gasteiger partial charge in [0.1, 0.15) is 5.82 Å². The molecular weight excluding hydrogens is 448 g/mol. The van der Waals surface area contributed by atoms with Gasteiger partial charge in [-0.2, -0.15) is 0 Å². The Bertz CT molecular complexity index is 670. The molecule has 1 heterocycles. The lowest BCUT2D eigenvalue weighted by atomic mass is 9.99. The molecule has 144 valence electrons. The predicted octanol–water partition coefficient (Wildman–Crippen LogP) is 3.01. The number of benzene rings is 1. The van der Waals surface area contributed by atoms with Crippen molar-refractivity contribution in [2.45, 2.75) is 32.2 Å². The first-order chi connectivity index (χ1) is 12.0. The Hall–Kier alpha value is -1.38. The fourth-order valence-corrected chi connectivity index (χ4v) is 3.62. The van der Waals surface area contributed by atoms with Crippen molar-refractivity contribution in [3.63, 3.8) is 0 Å². The van der Waals surface area contributed by atoms with E-state index in [9.17, 15) is 9.18 Å². The highest BCUT2D eigenvalue weighted by Gasteiger charge is 2.43. The number of nitrogens with zero attached hydrogens (tertiary/aromatic N) is 2. The first-order valence-corrected chi connectivity index (χ1v) is 8.93. The molecule has 0 amide bonds.